The third-order valence-electron chi connectivity index (χ3n) is 4.09. The zero-order valence-corrected chi connectivity index (χ0v) is 16.5. The van der Waals surface area contributed by atoms with Crippen molar-refractivity contribution in [3.63, 3.8) is 0 Å². The smallest absolute Gasteiger partial charge is 0.480 e. The quantitative estimate of drug-likeness (QED) is 0.348. The Labute approximate surface area is 175 Å². The van der Waals surface area contributed by atoms with Gasteiger partial charge in [0, 0.05) is 0 Å². The van der Waals surface area contributed by atoms with E-state index in [1.165, 1.54) is 0 Å². The van der Waals surface area contributed by atoms with Gasteiger partial charge in [-0.25, -0.2) is 4.39 Å². The van der Waals surface area contributed by atoms with Crippen molar-refractivity contribution < 1.29 is 40.6 Å². The molecule has 1 aromatic heterocycles. The number of nitrogens with zero attached hydrogens (tertiary/aromatic N) is 1. The van der Waals surface area contributed by atoms with Crippen LogP contribution in [0, 0.1) is 17.1 Å². The molecular formula is C18H17F7N4O3. The highest BCUT2D eigenvalue weighted by Crippen LogP contribution is 2.32. The first-order valence-electron chi connectivity index (χ1n) is 8.87. The highest BCUT2D eigenvalue weighted by atomic mass is 19.4. The van der Waals surface area contributed by atoms with Gasteiger partial charge in [-0.05, 0) is 23.6 Å². The average Bonchev–Trinajstić information content (AvgIpc) is 2.58. The van der Waals surface area contributed by atoms with Crippen molar-refractivity contribution >= 4 is 11.5 Å². The number of H-pyrrole nitrogens is 1. The van der Waals surface area contributed by atoms with Crippen LogP contribution in [0.25, 0.3) is 0 Å². The molecule has 4 N–H and O–H groups in total. The second kappa shape index (κ2) is 9.04. The predicted octanol–water partition coefficient (Wildman–Crippen LogP) is 4.64. The Morgan fingerprint density at radius 3 is 2.38 bits per heavy atom. The van der Waals surface area contributed by atoms with E-state index in [0.717, 1.165) is 6.07 Å². The third-order valence-corrected chi connectivity index (χ3v) is 4.09. The molecule has 1 atom stereocenters. The topological polar surface area (TPSA) is 111 Å². The Bertz CT molecular complexity index is 1050. The van der Waals surface area contributed by atoms with Crippen molar-refractivity contribution in [2.24, 2.45) is 5.92 Å². The maximum atomic E-state index is 14.1. The van der Waals surface area contributed by atoms with Crippen LogP contribution in [0.15, 0.2) is 23.0 Å². The maximum Gasteiger partial charge on any atom is 0.573 e. The molecule has 1 aromatic carbocycles. The van der Waals surface area contributed by atoms with Gasteiger partial charge in [0.15, 0.2) is 11.6 Å². The number of hydrogen-bond donors (Lipinski definition) is 4. The Hall–Kier alpha value is -3.32. The number of aromatic amines is 1. The van der Waals surface area contributed by atoms with E-state index >= 15 is 0 Å². The normalized spacial score (nSPS) is 13.2. The van der Waals surface area contributed by atoms with Gasteiger partial charge in [0.2, 0.25) is 0 Å². The number of ether oxygens (including phenoxy) is 1. The van der Waals surface area contributed by atoms with Gasteiger partial charge in [-0.3, -0.25) is 9.78 Å². The molecule has 0 saturated carbocycles. The molecule has 1 heterocycles. The number of rotatable bonds is 7. The molecule has 1 unspecified atom stereocenters. The van der Waals surface area contributed by atoms with Gasteiger partial charge in [0.25, 0.3) is 11.6 Å². The van der Waals surface area contributed by atoms with Crippen molar-refractivity contribution in [1.29, 1.82) is 5.41 Å². The summed E-state index contributed by atoms with van der Waals surface area (Å²) < 4.78 is 92.9. The van der Waals surface area contributed by atoms with Gasteiger partial charge < -0.3 is 20.6 Å². The Morgan fingerprint density at radius 2 is 1.88 bits per heavy atom. The second-order valence-electron chi connectivity index (χ2n) is 6.99. The molecule has 0 amide bonds. The fraction of sp³-hybridized carbons (Fsp3) is 0.389. The van der Waals surface area contributed by atoms with Gasteiger partial charge in [-0.2, -0.15) is 18.2 Å². The molecule has 0 aliphatic carbocycles. The minimum absolute atomic E-state index is 0.0434. The monoisotopic (exact) mass is 470 g/mol. The number of anilines is 1. The molecule has 2 aromatic rings. The summed E-state index contributed by atoms with van der Waals surface area (Å²) in [6, 6.07) is 0.561. The van der Waals surface area contributed by atoms with Crippen LogP contribution in [-0.2, 0) is 0 Å². The molecule has 0 spiro atoms. The highest BCUT2D eigenvalue weighted by Gasteiger charge is 2.34. The van der Waals surface area contributed by atoms with E-state index in [9.17, 15) is 40.6 Å². The minimum atomic E-state index is -5.13. The fourth-order valence-electron chi connectivity index (χ4n) is 2.83. The summed E-state index contributed by atoms with van der Waals surface area (Å²) in [7, 11) is 0. The van der Waals surface area contributed by atoms with Gasteiger partial charge in [-0.15, -0.1) is 13.2 Å². The van der Waals surface area contributed by atoms with E-state index in [-0.39, 0.29) is 5.56 Å². The summed E-state index contributed by atoms with van der Waals surface area (Å²) in [5.74, 6) is -3.51. The summed E-state index contributed by atoms with van der Waals surface area (Å²) in [6.07, 6.45) is -11.7. The van der Waals surface area contributed by atoms with Crippen molar-refractivity contribution in [2.45, 2.75) is 38.8 Å². The first-order valence-corrected chi connectivity index (χ1v) is 8.87. The highest BCUT2D eigenvalue weighted by molar-refractivity contribution is 6.02. The van der Waals surface area contributed by atoms with Crippen molar-refractivity contribution in [1.82, 2.24) is 9.97 Å². The van der Waals surface area contributed by atoms with Gasteiger partial charge >= 0.3 is 12.5 Å². The van der Waals surface area contributed by atoms with Crippen LogP contribution in [0.3, 0.4) is 0 Å². The lowest BCUT2D eigenvalue weighted by Gasteiger charge is -2.25. The molecule has 2 rings (SSSR count). The minimum Gasteiger partial charge on any atom is -0.480 e. The lowest BCUT2D eigenvalue weighted by atomic mass is 9.95. The Kier molecular flexibility index (Phi) is 7.05. The number of nitrogens with one attached hydrogen (secondary N) is 3. The van der Waals surface area contributed by atoms with E-state index in [2.05, 4.69) is 15.0 Å². The molecule has 0 saturated heterocycles. The predicted molar refractivity (Wildman–Crippen MR) is 98.3 cm³/mol. The number of aromatic hydroxyl groups is 1. The standard InChI is InChI=1S/C18H17F7N4O3/c1-7(2)13(8-3-4-11(9(19)5-8)32-18(23,24)25)27-14-12(10(26)6-17(20,21)22)15(30)29-16(31)28-14/h3-5,7,13,26H,6H2,1-2H3,(H3,27,28,29,30,31). The summed E-state index contributed by atoms with van der Waals surface area (Å²) in [4.78, 5) is 17.4. The molecule has 0 fully saturated rings. The van der Waals surface area contributed by atoms with Crippen LogP contribution >= 0.6 is 0 Å². The van der Waals surface area contributed by atoms with Crippen LogP contribution in [-0.4, -0.2) is 33.3 Å². The summed E-state index contributed by atoms with van der Waals surface area (Å²) in [5.41, 5.74) is -3.13. The van der Waals surface area contributed by atoms with Crippen LogP contribution in [0.5, 0.6) is 11.8 Å². The van der Waals surface area contributed by atoms with Crippen LogP contribution in [0.2, 0.25) is 0 Å². The van der Waals surface area contributed by atoms with Crippen molar-refractivity contribution in [3.8, 4) is 11.8 Å². The molecule has 0 bridgehead atoms. The second-order valence-corrected chi connectivity index (χ2v) is 6.99. The van der Waals surface area contributed by atoms with Crippen LogP contribution in [0.1, 0.15) is 37.4 Å². The lowest BCUT2D eigenvalue weighted by Crippen LogP contribution is -2.27. The van der Waals surface area contributed by atoms with E-state index in [1.54, 1.807) is 18.8 Å². The number of aromatic nitrogens is 2. The largest absolute Gasteiger partial charge is 0.573 e. The third kappa shape index (κ3) is 6.59. The van der Waals surface area contributed by atoms with E-state index < -0.39 is 71.1 Å². The lowest BCUT2D eigenvalue weighted by molar-refractivity contribution is -0.275. The molecule has 0 radical (unpaired) electrons. The summed E-state index contributed by atoms with van der Waals surface area (Å²) >= 11 is 0. The molecule has 176 valence electrons. The maximum absolute atomic E-state index is 14.1. The fourth-order valence-corrected chi connectivity index (χ4v) is 2.83. The number of benzene rings is 1. The number of hydrogen-bond acceptors (Lipinski definition) is 6. The van der Waals surface area contributed by atoms with Crippen LogP contribution in [0.4, 0.5) is 36.6 Å². The first-order chi connectivity index (χ1) is 14.6. The van der Waals surface area contributed by atoms with E-state index in [4.69, 9.17) is 5.41 Å². The molecule has 0 aliphatic rings. The zero-order chi connectivity index (χ0) is 24.4. The molecule has 7 nitrogen and oxygen atoms in total. The Balaban J connectivity index is 2.47. The molecular weight excluding hydrogens is 453 g/mol. The molecule has 14 heteroatoms. The van der Waals surface area contributed by atoms with E-state index in [1.807, 2.05) is 0 Å². The van der Waals surface area contributed by atoms with Crippen molar-refractivity contribution in [3.05, 3.63) is 45.5 Å². The summed E-state index contributed by atoms with van der Waals surface area (Å²) in [5, 5.41) is 19.8. The van der Waals surface area contributed by atoms with E-state index in [0.29, 0.717) is 12.1 Å². The molecule has 0 aliphatic heterocycles. The van der Waals surface area contributed by atoms with Gasteiger partial charge in [-0.1, -0.05) is 19.9 Å². The SMILES string of the molecule is CC(C)C(Nc1nc(O)[nH]c(=O)c1C(=N)CC(F)(F)F)c1ccc(OC(F)(F)F)c(F)c1. The number of halogens is 7. The summed E-state index contributed by atoms with van der Waals surface area (Å²) in [6.45, 7) is 3.17. The van der Waals surface area contributed by atoms with Crippen LogP contribution < -0.4 is 15.6 Å². The Morgan fingerprint density at radius 1 is 1.25 bits per heavy atom. The van der Waals surface area contributed by atoms with Crippen molar-refractivity contribution in [2.75, 3.05) is 5.32 Å². The number of alkyl halides is 6. The first kappa shape index (κ1) is 24.9. The zero-order valence-electron chi connectivity index (χ0n) is 16.5. The van der Waals surface area contributed by atoms with Gasteiger partial charge in [0.1, 0.15) is 11.4 Å². The van der Waals surface area contributed by atoms with Gasteiger partial charge in [0.05, 0.1) is 18.2 Å². The average molecular weight is 470 g/mol. The molecule has 32 heavy (non-hydrogen) atoms.